The van der Waals surface area contributed by atoms with Crippen molar-refractivity contribution in [3.63, 3.8) is 0 Å². The molecule has 0 radical (unpaired) electrons. The number of ether oxygens (including phenoxy) is 1. The van der Waals surface area contributed by atoms with Crippen molar-refractivity contribution in [1.29, 1.82) is 0 Å². The number of amides is 1. The van der Waals surface area contributed by atoms with Gasteiger partial charge in [-0.2, -0.15) is 0 Å². The number of carbonyl (C=O) groups is 2. The van der Waals surface area contributed by atoms with Gasteiger partial charge in [-0.25, -0.2) is 4.79 Å². The Kier molecular flexibility index (Phi) is 3.60. The normalized spacial score (nSPS) is 41.8. The summed E-state index contributed by atoms with van der Waals surface area (Å²) >= 11 is 0. The Morgan fingerprint density at radius 3 is 2.72 bits per heavy atom. The van der Waals surface area contributed by atoms with Crippen molar-refractivity contribution >= 4 is 17.6 Å². The summed E-state index contributed by atoms with van der Waals surface area (Å²) in [7, 11) is 3.03. The predicted octanol–water partition coefficient (Wildman–Crippen LogP) is 0.588. The fourth-order valence-electron chi connectivity index (χ4n) is 7.00. The molecule has 1 aromatic rings. The summed E-state index contributed by atoms with van der Waals surface area (Å²) in [5, 5.41) is 23.5. The Morgan fingerprint density at radius 2 is 2.03 bits per heavy atom. The monoisotopic (exact) mass is 398 g/mol. The number of esters is 1. The molecule has 5 rings (SSSR count). The standard InChI is InChI=1S/C22H26N2O5/c1-4-20-10-7-11-24-15(25)12-21(16(20)24)13-8-5-6-9-14(13)23(2)17(21)22(28,18(20)26)19(27)29-3/h5-10,16-18,26,28H,4,11-12H2,1-3H3/t16-,17+,18+,20+,21+,22?/m0/s1. The third kappa shape index (κ3) is 1.78. The molecule has 7 nitrogen and oxygen atoms in total. The molecule has 154 valence electrons. The summed E-state index contributed by atoms with van der Waals surface area (Å²) in [6, 6.07) is 6.57. The summed E-state index contributed by atoms with van der Waals surface area (Å²) in [5.74, 6) is -0.890. The number of rotatable bonds is 2. The molecule has 6 atom stereocenters. The Hall–Kier alpha value is -2.38. The Morgan fingerprint density at radius 1 is 1.31 bits per heavy atom. The number of fused-ring (bicyclic) bond motifs is 1. The van der Waals surface area contributed by atoms with Crippen LogP contribution in [0.1, 0.15) is 25.3 Å². The van der Waals surface area contributed by atoms with Gasteiger partial charge in [-0.1, -0.05) is 37.3 Å². The first-order valence-electron chi connectivity index (χ1n) is 10.1. The number of carbonyl (C=O) groups excluding carboxylic acids is 2. The van der Waals surface area contributed by atoms with E-state index >= 15 is 0 Å². The molecule has 1 saturated carbocycles. The number of hydrogen-bond donors (Lipinski definition) is 2. The number of anilines is 1. The number of para-hydroxylation sites is 1. The highest BCUT2D eigenvalue weighted by Gasteiger charge is 2.80. The summed E-state index contributed by atoms with van der Waals surface area (Å²) in [6.45, 7) is 2.39. The third-order valence-electron chi connectivity index (χ3n) is 7.93. The smallest absolute Gasteiger partial charge is 0.342 e. The lowest BCUT2D eigenvalue weighted by atomic mass is 9.48. The summed E-state index contributed by atoms with van der Waals surface area (Å²) in [5.41, 5.74) is -2.17. The number of methoxy groups -OCH3 is 1. The highest BCUT2D eigenvalue weighted by Crippen LogP contribution is 2.66. The number of nitrogens with zero attached hydrogens (tertiary/aromatic N) is 2. The fraction of sp³-hybridized carbons (Fsp3) is 0.545. The summed E-state index contributed by atoms with van der Waals surface area (Å²) < 4.78 is 5.02. The minimum absolute atomic E-state index is 0.0198. The Labute approximate surface area is 169 Å². The average molecular weight is 398 g/mol. The maximum atomic E-state index is 13.2. The van der Waals surface area contributed by atoms with Crippen LogP contribution in [0.5, 0.6) is 0 Å². The van der Waals surface area contributed by atoms with Crippen molar-refractivity contribution < 1.29 is 24.5 Å². The number of likely N-dealkylation sites (N-methyl/N-ethyl adjacent to an activating group) is 1. The predicted molar refractivity (Wildman–Crippen MR) is 105 cm³/mol. The minimum Gasteiger partial charge on any atom is -0.467 e. The average Bonchev–Trinajstić information content (AvgIpc) is 3.18. The van der Waals surface area contributed by atoms with Gasteiger partial charge in [0, 0.05) is 31.1 Å². The molecule has 0 bridgehead atoms. The molecule has 1 aromatic carbocycles. The van der Waals surface area contributed by atoms with Crippen LogP contribution in [0.15, 0.2) is 36.4 Å². The zero-order chi connectivity index (χ0) is 20.8. The van der Waals surface area contributed by atoms with Crippen LogP contribution in [0.4, 0.5) is 5.69 Å². The molecule has 3 aliphatic heterocycles. The molecular weight excluding hydrogens is 372 g/mol. The van der Waals surface area contributed by atoms with E-state index in [1.54, 1.807) is 0 Å². The molecule has 1 amide bonds. The molecular formula is C22H26N2O5. The minimum atomic E-state index is -2.19. The van der Waals surface area contributed by atoms with E-state index < -0.39 is 34.5 Å². The largest absolute Gasteiger partial charge is 0.467 e. The van der Waals surface area contributed by atoms with Gasteiger partial charge in [0.15, 0.2) is 0 Å². The molecule has 1 aliphatic carbocycles. The highest BCUT2D eigenvalue weighted by atomic mass is 16.5. The third-order valence-corrected chi connectivity index (χ3v) is 7.93. The van der Waals surface area contributed by atoms with E-state index in [1.807, 2.05) is 60.2 Å². The first-order valence-corrected chi connectivity index (χ1v) is 10.1. The van der Waals surface area contributed by atoms with Gasteiger partial charge < -0.3 is 24.7 Å². The van der Waals surface area contributed by atoms with Crippen LogP contribution in [-0.4, -0.2) is 71.5 Å². The zero-order valence-electron chi connectivity index (χ0n) is 16.8. The summed E-state index contributed by atoms with van der Waals surface area (Å²) in [6.07, 6.45) is 3.00. The molecule has 0 aromatic heterocycles. The van der Waals surface area contributed by atoms with Gasteiger partial charge in [-0.05, 0) is 18.1 Å². The van der Waals surface area contributed by atoms with Crippen LogP contribution in [0.25, 0.3) is 0 Å². The van der Waals surface area contributed by atoms with Gasteiger partial charge in [0.2, 0.25) is 11.5 Å². The molecule has 2 N–H and O–H groups in total. The molecule has 1 spiro atoms. The molecule has 1 unspecified atom stereocenters. The maximum Gasteiger partial charge on any atom is 0.342 e. The molecule has 29 heavy (non-hydrogen) atoms. The lowest BCUT2D eigenvalue weighted by molar-refractivity contribution is -0.218. The summed E-state index contributed by atoms with van der Waals surface area (Å²) in [4.78, 5) is 29.9. The first kappa shape index (κ1) is 18.6. The fourth-order valence-corrected chi connectivity index (χ4v) is 7.00. The van der Waals surface area contributed by atoms with E-state index in [0.29, 0.717) is 13.0 Å². The van der Waals surface area contributed by atoms with Crippen LogP contribution in [0.2, 0.25) is 0 Å². The highest BCUT2D eigenvalue weighted by molar-refractivity contribution is 5.91. The van der Waals surface area contributed by atoms with Crippen LogP contribution >= 0.6 is 0 Å². The number of aliphatic hydroxyl groups excluding tert-OH is 1. The van der Waals surface area contributed by atoms with E-state index in [-0.39, 0.29) is 18.4 Å². The maximum absolute atomic E-state index is 13.2. The molecule has 1 saturated heterocycles. The quantitative estimate of drug-likeness (QED) is 0.560. The van der Waals surface area contributed by atoms with Gasteiger partial charge in [0.1, 0.15) is 6.10 Å². The van der Waals surface area contributed by atoms with Crippen molar-refractivity contribution in [2.24, 2.45) is 5.41 Å². The van der Waals surface area contributed by atoms with Gasteiger partial charge in [-0.15, -0.1) is 0 Å². The SMILES string of the molecule is CC[C@]12C=CCN3C(=O)C[C@@]4(c5ccccc5N(C)[C@H]4C(O)(C(=O)OC)[C@@H]1O)[C@@H]32. The van der Waals surface area contributed by atoms with Crippen molar-refractivity contribution in [3.8, 4) is 0 Å². The van der Waals surface area contributed by atoms with Crippen molar-refractivity contribution in [3.05, 3.63) is 42.0 Å². The van der Waals surface area contributed by atoms with E-state index in [1.165, 1.54) is 7.11 Å². The van der Waals surface area contributed by atoms with E-state index in [0.717, 1.165) is 11.3 Å². The number of hydrogen-bond acceptors (Lipinski definition) is 6. The lowest BCUT2D eigenvalue weighted by Crippen LogP contribution is -2.80. The molecule has 2 fully saturated rings. The van der Waals surface area contributed by atoms with E-state index in [4.69, 9.17) is 4.74 Å². The first-order chi connectivity index (χ1) is 13.8. The van der Waals surface area contributed by atoms with Gasteiger partial charge in [-0.3, -0.25) is 4.79 Å². The lowest BCUT2D eigenvalue weighted by Gasteiger charge is -2.62. The molecule has 3 heterocycles. The topological polar surface area (TPSA) is 90.3 Å². The second-order valence-corrected chi connectivity index (χ2v) is 8.78. The van der Waals surface area contributed by atoms with Crippen LogP contribution in [0.3, 0.4) is 0 Å². The van der Waals surface area contributed by atoms with Crippen LogP contribution in [-0.2, 0) is 19.7 Å². The Bertz CT molecular complexity index is 947. The number of benzene rings is 1. The van der Waals surface area contributed by atoms with Crippen LogP contribution in [0, 0.1) is 5.41 Å². The second kappa shape index (κ2) is 5.61. The van der Waals surface area contributed by atoms with E-state index in [2.05, 4.69) is 0 Å². The van der Waals surface area contributed by atoms with Gasteiger partial charge in [0.25, 0.3) is 0 Å². The number of aliphatic hydroxyl groups is 2. The van der Waals surface area contributed by atoms with Gasteiger partial charge >= 0.3 is 5.97 Å². The van der Waals surface area contributed by atoms with Crippen molar-refractivity contribution in [1.82, 2.24) is 4.90 Å². The molecule has 7 heteroatoms. The molecule has 4 aliphatic rings. The second-order valence-electron chi connectivity index (χ2n) is 8.78. The van der Waals surface area contributed by atoms with Crippen LogP contribution < -0.4 is 4.90 Å². The van der Waals surface area contributed by atoms with Crippen molar-refractivity contribution in [2.45, 2.75) is 49.0 Å². The van der Waals surface area contributed by atoms with Gasteiger partial charge in [0.05, 0.1) is 24.6 Å². The Balaban J connectivity index is 1.90. The van der Waals surface area contributed by atoms with Crippen molar-refractivity contribution in [2.75, 3.05) is 25.6 Å². The zero-order valence-corrected chi connectivity index (χ0v) is 16.8. The van der Waals surface area contributed by atoms with E-state index in [9.17, 15) is 19.8 Å².